The minimum Gasteiger partial charge on any atom is -0.383 e. The standard InChI is InChI=1S/C9H13N4P/c1-5(2)13-3-6(14)7-8(10)11-4-12-9(7)13/h3-5H,14H2,1-2H3,(H2,10,11,12). The topological polar surface area (TPSA) is 56.7 Å². The molecule has 2 aromatic heterocycles. The SMILES string of the molecule is CC(C)n1cc(P)c2c(N)ncnc21. The highest BCUT2D eigenvalue weighted by molar-refractivity contribution is 7.28. The zero-order chi connectivity index (χ0) is 10.3. The Hall–Kier alpha value is -1.15. The predicted octanol–water partition coefficient (Wildman–Crippen LogP) is 1.09. The average molecular weight is 208 g/mol. The third kappa shape index (κ3) is 1.26. The fourth-order valence-corrected chi connectivity index (χ4v) is 1.97. The van der Waals surface area contributed by atoms with Crippen molar-refractivity contribution in [2.45, 2.75) is 19.9 Å². The Kier molecular flexibility index (Phi) is 2.16. The van der Waals surface area contributed by atoms with Crippen molar-refractivity contribution in [3.8, 4) is 0 Å². The van der Waals surface area contributed by atoms with E-state index in [2.05, 4.69) is 37.6 Å². The molecule has 0 saturated heterocycles. The molecule has 2 N–H and O–H groups in total. The van der Waals surface area contributed by atoms with Crippen LogP contribution in [-0.2, 0) is 0 Å². The number of nitrogen functional groups attached to an aromatic ring is 1. The maximum Gasteiger partial charge on any atom is 0.146 e. The van der Waals surface area contributed by atoms with E-state index in [1.807, 2.05) is 6.20 Å². The molecule has 5 heteroatoms. The Labute approximate surface area is 84.7 Å². The maximum absolute atomic E-state index is 5.79. The minimum atomic E-state index is 0.376. The summed E-state index contributed by atoms with van der Waals surface area (Å²) in [5, 5.41) is 1.98. The molecule has 0 saturated carbocycles. The van der Waals surface area contributed by atoms with Crippen LogP contribution < -0.4 is 11.0 Å². The number of rotatable bonds is 1. The first-order valence-corrected chi connectivity index (χ1v) is 5.05. The van der Waals surface area contributed by atoms with E-state index in [1.165, 1.54) is 6.33 Å². The number of hydrogen-bond acceptors (Lipinski definition) is 3. The van der Waals surface area contributed by atoms with Crippen LogP contribution in [0.1, 0.15) is 19.9 Å². The predicted molar refractivity (Wildman–Crippen MR) is 61.7 cm³/mol. The second-order valence-corrected chi connectivity index (χ2v) is 4.16. The first-order chi connectivity index (χ1) is 6.61. The Morgan fingerprint density at radius 3 is 2.79 bits per heavy atom. The second kappa shape index (κ2) is 3.21. The molecule has 0 spiro atoms. The smallest absolute Gasteiger partial charge is 0.146 e. The van der Waals surface area contributed by atoms with Crippen LogP contribution in [0.3, 0.4) is 0 Å². The lowest BCUT2D eigenvalue weighted by atomic mass is 10.3. The molecule has 0 aliphatic heterocycles. The molecular formula is C9H13N4P. The van der Waals surface area contributed by atoms with Crippen molar-refractivity contribution in [1.82, 2.24) is 14.5 Å². The lowest BCUT2D eigenvalue weighted by molar-refractivity contribution is 0.618. The van der Waals surface area contributed by atoms with Crippen LogP contribution >= 0.6 is 9.24 Å². The summed E-state index contributed by atoms with van der Waals surface area (Å²) >= 11 is 0. The largest absolute Gasteiger partial charge is 0.383 e. The van der Waals surface area contributed by atoms with Crippen LogP contribution in [0.2, 0.25) is 0 Å². The van der Waals surface area contributed by atoms with E-state index in [1.54, 1.807) is 0 Å². The molecule has 2 aromatic rings. The molecular weight excluding hydrogens is 195 g/mol. The lowest BCUT2D eigenvalue weighted by Crippen LogP contribution is -2.00. The molecule has 0 bridgehead atoms. The van der Waals surface area contributed by atoms with E-state index in [9.17, 15) is 0 Å². The van der Waals surface area contributed by atoms with Crippen LogP contribution in [0.25, 0.3) is 11.0 Å². The number of aromatic nitrogens is 3. The van der Waals surface area contributed by atoms with Crippen molar-refractivity contribution < 1.29 is 0 Å². The van der Waals surface area contributed by atoms with Crippen LogP contribution in [0.15, 0.2) is 12.5 Å². The van der Waals surface area contributed by atoms with Gasteiger partial charge in [-0.1, -0.05) is 0 Å². The number of hydrogen-bond donors (Lipinski definition) is 1. The number of nitrogens with zero attached hydrogens (tertiary/aromatic N) is 3. The van der Waals surface area contributed by atoms with Crippen LogP contribution in [0, 0.1) is 0 Å². The molecule has 1 atom stereocenters. The molecule has 4 nitrogen and oxygen atoms in total. The van der Waals surface area contributed by atoms with Crippen LogP contribution in [0.4, 0.5) is 5.82 Å². The van der Waals surface area contributed by atoms with Gasteiger partial charge in [-0.3, -0.25) is 0 Å². The molecule has 0 fully saturated rings. The summed E-state index contributed by atoms with van der Waals surface area (Å²) in [5.41, 5.74) is 6.69. The highest BCUT2D eigenvalue weighted by Crippen LogP contribution is 2.20. The molecule has 1 unspecified atom stereocenters. The van der Waals surface area contributed by atoms with Crippen molar-refractivity contribution in [3.63, 3.8) is 0 Å². The van der Waals surface area contributed by atoms with Crippen molar-refractivity contribution >= 4 is 31.4 Å². The van der Waals surface area contributed by atoms with Gasteiger partial charge in [-0.15, -0.1) is 9.24 Å². The molecule has 14 heavy (non-hydrogen) atoms. The molecule has 2 rings (SSSR count). The Morgan fingerprint density at radius 2 is 2.14 bits per heavy atom. The highest BCUT2D eigenvalue weighted by Gasteiger charge is 2.11. The summed E-state index contributed by atoms with van der Waals surface area (Å²) in [6.45, 7) is 4.23. The Balaban J connectivity index is 2.84. The summed E-state index contributed by atoms with van der Waals surface area (Å²) in [6.07, 6.45) is 3.53. The van der Waals surface area contributed by atoms with Gasteiger partial charge in [0.2, 0.25) is 0 Å². The summed E-state index contributed by atoms with van der Waals surface area (Å²) < 4.78 is 2.09. The van der Waals surface area contributed by atoms with Crippen LogP contribution in [0.5, 0.6) is 0 Å². The Morgan fingerprint density at radius 1 is 1.43 bits per heavy atom. The van der Waals surface area contributed by atoms with Gasteiger partial charge in [0.25, 0.3) is 0 Å². The third-order valence-corrected chi connectivity index (χ3v) is 2.66. The molecule has 0 aliphatic rings. The van der Waals surface area contributed by atoms with E-state index in [0.29, 0.717) is 11.9 Å². The summed E-state index contributed by atoms with van der Waals surface area (Å²) in [4.78, 5) is 8.22. The molecule has 0 aliphatic carbocycles. The van der Waals surface area contributed by atoms with E-state index in [0.717, 1.165) is 16.3 Å². The van der Waals surface area contributed by atoms with Crippen molar-refractivity contribution in [1.29, 1.82) is 0 Å². The maximum atomic E-state index is 5.79. The molecule has 74 valence electrons. The number of fused-ring (bicyclic) bond motifs is 1. The first kappa shape index (κ1) is 9.41. The monoisotopic (exact) mass is 208 g/mol. The van der Waals surface area contributed by atoms with E-state index >= 15 is 0 Å². The van der Waals surface area contributed by atoms with Gasteiger partial charge in [-0.2, -0.15) is 0 Å². The normalized spacial score (nSPS) is 11.4. The second-order valence-electron chi connectivity index (χ2n) is 3.54. The van der Waals surface area contributed by atoms with Gasteiger partial charge in [-0.05, 0) is 13.8 Å². The van der Waals surface area contributed by atoms with Gasteiger partial charge >= 0.3 is 0 Å². The van der Waals surface area contributed by atoms with Gasteiger partial charge < -0.3 is 10.3 Å². The van der Waals surface area contributed by atoms with Crippen molar-refractivity contribution in [3.05, 3.63) is 12.5 Å². The zero-order valence-corrected chi connectivity index (χ0v) is 9.38. The zero-order valence-electron chi connectivity index (χ0n) is 8.23. The minimum absolute atomic E-state index is 0.376. The Bertz CT molecular complexity index is 475. The number of nitrogens with two attached hydrogens (primary N) is 1. The van der Waals surface area contributed by atoms with Crippen LogP contribution in [-0.4, -0.2) is 14.5 Å². The quantitative estimate of drug-likeness (QED) is 0.714. The number of anilines is 1. The summed E-state index contributed by atoms with van der Waals surface area (Å²) in [5.74, 6) is 0.541. The molecule has 0 amide bonds. The van der Waals surface area contributed by atoms with Gasteiger partial charge in [0, 0.05) is 17.5 Å². The molecule has 0 aromatic carbocycles. The lowest BCUT2D eigenvalue weighted by Gasteiger charge is -2.07. The van der Waals surface area contributed by atoms with E-state index in [4.69, 9.17) is 5.73 Å². The summed E-state index contributed by atoms with van der Waals surface area (Å²) in [6, 6.07) is 0.376. The van der Waals surface area contributed by atoms with Gasteiger partial charge in [0.1, 0.15) is 17.8 Å². The average Bonchev–Trinajstić information content (AvgIpc) is 2.45. The summed E-state index contributed by atoms with van der Waals surface area (Å²) in [7, 11) is 2.66. The van der Waals surface area contributed by atoms with Crippen molar-refractivity contribution in [2.75, 3.05) is 5.73 Å². The third-order valence-electron chi connectivity index (χ3n) is 2.22. The molecule has 0 radical (unpaired) electrons. The first-order valence-electron chi connectivity index (χ1n) is 4.47. The fourth-order valence-electron chi connectivity index (χ4n) is 1.53. The van der Waals surface area contributed by atoms with E-state index < -0.39 is 0 Å². The fraction of sp³-hybridized carbons (Fsp3) is 0.333. The highest BCUT2D eigenvalue weighted by atomic mass is 31.0. The molecule has 2 heterocycles. The van der Waals surface area contributed by atoms with Gasteiger partial charge in [0.15, 0.2) is 0 Å². The van der Waals surface area contributed by atoms with Gasteiger partial charge in [0.05, 0.1) is 5.39 Å². The van der Waals surface area contributed by atoms with Gasteiger partial charge in [-0.25, -0.2) is 9.97 Å². The van der Waals surface area contributed by atoms with Crippen molar-refractivity contribution in [2.24, 2.45) is 0 Å². The van der Waals surface area contributed by atoms with E-state index in [-0.39, 0.29) is 0 Å².